The third-order valence-corrected chi connectivity index (χ3v) is 5.56. The zero-order chi connectivity index (χ0) is 22.9. The second-order valence-corrected chi connectivity index (χ2v) is 7.87. The summed E-state index contributed by atoms with van der Waals surface area (Å²) in [4.78, 5) is 7.00. The molecular weight excluding hydrogens is 538 g/mol. The molecule has 0 aromatic heterocycles. The lowest BCUT2D eigenvalue weighted by Crippen LogP contribution is -2.48. The highest BCUT2D eigenvalue weighted by molar-refractivity contribution is 14.0. The SMILES string of the molecule is CCNC(=NCc1ccc(OC)c(O)c1)NC1CCN(Cc2ccc(OC)c(F)c2)CC1.I. The van der Waals surface area contributed by atoms with E-state index in [0.29, 0.717) is 18.3 Å². The Hall–Kier alpha value is -2.27. The van der Waals surface area contributed by atoms with E-state index in [2.05, 4.69) is 20.5 Å². The molecular formula is C24H34FIN4O3. The van der Waals surface area contributed by atoms with Gasteiger partial charge in [-0.15, -0.1) is 24.0 Å². The highest BCUT2D eigenvalue weighted by atomic mass is 127. The van der Waals surface area contributed by atoms with Gasteiger partial charge in [-0.2, -0.15) is 0 Å². The van der Waals surface area contributed by atoms with Gasteiger partial charge in [-0.05, 0) is 55.2 Å². The Balaban J connectivity index is 0.00000385. The van der Waals surface area contributed by atoms with E-state index in [1.165, 1.54) is 14.2 Å². The Labute approximate surface area is 212 Å². The predicted molar refractivity (Wildman–Crippen MR) is 139 cm³/mol. The van der Waals surface area contributed by atoms with Crippen LogP contribution in [0.5, 0.6) is 17.2 Å². The van der Waals surface area contributed by atoms with Crippen LogP contribution in [0.2, 0.25) is 0 Å². The minimum atomic E-state index is -0.321. The number of likely N-dealkylation sites (tertiary alicyclic amines) is 1. The standard InChI is InChI=1S/C24H33FN4O3.HI/c1-4-26-24(27-15-17-5-8-23(32-3)21(30)14-17)28-19-9-11-29(12-10-19)16-18-6-7-22(31-2)20(25)13-18;/h5-8,13-14,19,30H,4,9-12,15-16H2,1-3H3,(H2,26,27,28);1H. The molecule has 0 radical (unpaired) electrons. The van der Waals surface area contributed by atoms with E-state index in [1.807, 2.05) is 19.1 Å². The fourth-order valence-electron chi connectivity index (χ4n) is 3.82. The van der Waals surface area contributed by atoms with Gasteiger partial charge in [0.2, 0.25) is 0 Å². The van der Waals surface area contributed by atoms with E-state index < -0.39 is 0 Å². The summed E-state index contributed by atoms with van der Waals surface area (Å²) in [5, 5.41) is 16.8. The number of nitrogens with zero attached hydrogens (tertiary/aromatic N) is 2. The van der Waals surface area contributed by atoms with Gasteiger partial charge in [0.05, 0.1) is 20.8 Å². The minimum Gasteiger partial charge on any atom is -0.504 e. The molecule has 2 aromatic carbocycles. The zero-order valence-corrected chi connectivity index (χ0v) is 21.8. The molecule has 2 aromatic rings. The van der Waals surface area contributed by atoms with Crippen LogP contribution in [0.3, 0.4) is 0 Å². The van der Waals surface area contributed by atoms with Crippen LogP contribution in [-0.4, -0.2) is 55.9 Å². The van der Waals surface area contributed by atoms with Crippen LogP contribution in [0.25, 0.3) is 0 Å². The number of piperidine rings is 1. The Morgan fingerprint density at radius 3 is 2.36 bits per heavy atom. The topological polar surface area (TPSA) is 78.4 Å². The molecule has 33 heavy (non-hydrogen) atoms. The van der Waals surface area contributed by atoms with Crippen molar-refractivity contribution >= 4 is 29.9 Å². The lowest BCUT2D eigenvalue weighted by Gasteiger charge is -2.33. The second-order valence-electron chi connectivity index (χ2n) is 7.87. The summed E-state index contributed by atoms with van der Waals surface area (Å²) < 4.78 is 24.0. The Morgan fingerprint density at radius 2 is 1.76 bits per heavy atom. The highest BCUT2D eigenvalue weighted by Crippen LogP contribution is 2.26. The first-order valence-electron chi connectivity index (χ1n) is 11.0. The van der Waals surface area contributed by atoms with E-state index in [0.717, 1.165) is 56.1 Å². The summed E-state index contributed by atoms with van der Waals surface area (Å²) in [6, 6.07) is 10.8. The fraction of sp³-hybridized carbons (Fsp3) is 0.458. The van der Waals surface area contributed by atoms with Crippen molar-refractivity contribution in [1.82, 2.24) is 15.5 Å². The number of phenols is 1. The van der Waals surface area contributed by atoms with Crippen molar-refractivity contribution in [1.29, 1.82) is 0 Å². The normalized spacial score (nSPS) is 15.0. The van der Waals surface area contributed by atoms with Crippen molar-refractivity contribution in [3.05, 3.63) is 53.3 Å². The monoisotopic (exact) mass is 572 g/mol. The molecule has 0 aliphatic carbocycles. The van der Waals surface area contributed by atoms with Gasteiger partial charge in [0, 0.05) is 32.2 Å². The Bertz CT molecular complexity index is 921. The number of benzene rings is 2. The van der Waals surface area contributed by atoms with Crippen molar-refractivity contribution in [3.8, 4) is 17.2 Å². The van der Waals surface area contributed by atoms with Gasteiger partial charge < -0.3 is 25.2 Å². The first kappa shape index (κ1) is 27.0. The Kier molecular flexibility index (Phi) is 11.0. The maximum atomic E-state index is 13.9. The number of rotatable bonds is 8. The van der Waals surface area contributed by atoms with Gasteiger partial charge in [-0.3, -0.25) is 4.90 Å². The van der Waals surface area contributed by atoms with Gasteiger partial charge in [0.15, 0.2) is 29.0 Å². The van der Waals surface area contributed by atoms with Crippen molar-refractivity contribution < 1.29 is 19.0 Å². The first-order valence-corrected chi connectivity index (χ1v) is 11.0. The second kappa shape index (κ2) is 13.4. The average Bonchev–Trinajstić information content (AvgIpc) is 2.79. The summed E-state index contributed by atoms with van der Waals surface area (Å²) in [7, 11) is 3.00. The predicted octanol–water partition coefficient (Wildman–Crippen LogP) is 3.89. The lowest BCUT2D eigenvalue weighted by atomic mass is 10.0. The summed E-state index contributed by atoms with van der Waals surface area (Å²) in [6.07, 6.45) is 1.96. The summed E-state index contributed by atoms with van der Waals surface area (Å²) in [5.74, 6) is 1.28. The summed E-state index contributed by atoms with van der Waals surface area (Å²) >= 11 is 0. The van der Waals surface area contributed by atoms with Crippen molar-refractivity contribution in [2.45, 2.75) is 38.9 Å². The molecule has 1 saturated heterocycles. The summed E-state index contributed by atoms with van der Waals surface area (Å²) in [6.45, 7) is 5.83. The number of aliphatic imine (C=N–C) groups is 1. The third kappa shape index (κ3) is 7.92. The number of guanidine groups is 1. The number of hydrogen-bond donors (Lipinski definition) is 3. The average molecular weight is 572 g/mol. The van der Waals surface area contributed by atoms with Crippen LogP contribution in [0.4, 0.5) is 4.39 Å². The Morgan fingerprint density at radius 1 is 1.09 bits per heavy atom. The van der Waals surface area contributed by atoms with E-state index in [9.17, 15) is 9.50 Å². The number of halogens is 2. The van der Waals surface area contributed by atoms with Crippen molar-refractivity contribution in [2.24, 2.45) is 4.99 Å². The van der Waals surface area contributed by atoms with Crippen LogP contribution >= 0.6 is 24.0 Å². The third-order valence-electron chi connectivity index (χ3n) is 5.56. The van der Waals surface area contributed by atoms with Crippen LogP contribution in [0.1, 0.15) is 30.9 Å². The van der Waals surface area contributed by atoms with Crippen molar-refractivity contribution in [3.63, 3.8) is 0 Å². The number of ether oxygens (including phenoxy) is 2. The first-order chi connectivity index (χ1) is 15.5. The van der Waals surface area contributed by atoms with Gasteiger partial charge in [-0.25, -0.2) is 9.38 Å². The molecule has 182 valence electrons. The van der Waals surface area contributed by atoms with Gasteiger partial charge in [-0.1, -0.05) is 12.1 Å². The molecule has 1 heterocycles. The van der Waals surface area contributed by atoms with Crippen molar-refractivity contribution in [2.75, 3.05) is 33.9 Å². The van der Waals surface area contributed by atoms with E-state index in [-0.39, 0.29) is 41.3 Å². The molecule has 3 N–H and O–H groups in total. The van der Waals surface area contributed by atoms with Gasteiger partial charge >= 0.3 is 0 Å². The summed E-state index contributed by atoms with van der Waals surface area (Å²) in [5.41, 5.74) is 1.86. The zero-order valence-electron chi connectivity index (χ0n) is 19.4. The molecule has 0 atom stereocenters. The van der Waals surface area contributed by atoms with Gasteiger partial charge in [0.1, 0.15) is 0 Å². The quantitative estimate of drug-likeness (QED) is 0.253. The number of hydrogen-bond acceptors (Lipinski definition) is 5. The number of nitrogens with one attached hydrogen (secondary N) is 2. The number of phenolic OH excluding ortho intramolecular Hbond substituents is 1. The van der Waals surface area contributed by atoms with Crippen LogP contribution in [0, 0.1) is 5.82 Å². The molecule has 0 saturated carbocycles. The largest absolute Gasteiger partial charge is 0.504 e. The smallest absolute Gasteiger partial charge is 0.191 e. The maximum Gasteiger partial charge on any atom is 0.191 e. The lowest BCUT2D eigenvalue weighted by molar-refractivity contribution is 0.198. The van der Waals surface area contributed by atoms with Gasteiger partial charge in [0.25, 0.3) is 0 Å². The van der Waals surface area contributed by atoms with Crippen LogP contribution < -0.4 is 20.1 Å². The highest BCUT2D eigenvalue weighted by Gasteiger charge is 2.20. The van der Waals surface area contributed by atoms with E-state index in [4.69, 9.17) is 9.47 Å². The molecule has 7 nitrogen and oxygen atoms in total. The van der Waals surface area contributed by atoms with E-state index in [1.54, 1.807) is 24.3 Å². The molecule has 9 heteroatoms. The molecule has 3 rings (SSSR count). The minimum absolute atomic E-state index is 0. The molecule has 1 aliphatic heterocycles. The van der Waals surface area contributed by atoms with E-state index >= 15 is 0 Å². The van der Waals surface area contributed by atoms with Crippen LogP contribution in [0.15, 0.2) is 41.4 Å². The molecule has 0 unspecified atom stereocenters. The number of methoxy groups -OCH3 is 2. The fourth-order valence-corrected chi connectivity index (χ4v) is 3.82. The molecule has 1 fully saturated rings. The number of aromatic hydroxyl groups is 1. The molecule has 0 bridgehead atoms. The molecule has 0 amide bonds. The van der Waals surface area contributed by atoms with Crippen LogP contribution in [-0.2, 0) is 13.1 Å². The maximum absolute atomic E-state index is 13.9. The molecule has 1 aliphatic rings. The molecule has 0 spiro atoms.